The summed E-state index contributed by atoms with van der Waals surface area (Å²) in [6.07, 6.45) is 0.687. The van der Waals surface area contributed by atoms with Crippen molar-refractivity contribution < 1.29 is 113 Å². The maximum atomic E-state index is 14.4. The molecule has 6 heterocycles. The van der Waals surface area contributed by atoms with E-state index in [1.807, 2.05) is 53.3 Å². The molecular weight excluding hydrogens is 1120 g/mol. The molecular formula is C64H97N2NaO17S. The fourth-order valence-electron chi connectivity index (χ4n) is 13.7. The Labute approximate surface area is 529 Å². The van der Waals surface area contributed by atoms with E-state index in [1.54, 1.807) is 19.1 Å². The van der Waals surface area contributed by atoms with Crippen LogP contribution in [-0.2, 0) is 42.9 Å². The molecule has 21 unspecified atom stereocenters. The Balaban J connectivity index is 0.000000335. The number of nitrogens with zero attached hydrogens (tertiary/aromatic N) is 2. The molecule has 2 spiro atoms. The second kappa shape index (κ2) is 30.7. The van der Waals surface area contributed by atoms with Gasteiger partial charge in [-0.3, -0.25) is 4.79 Å². The Morgan fingerprint density at radius 2 is 1.36 bits per heavy atom. The van der Waals surface area contributed by atoms with Crippen LogP contribution >= 0.6 is 11.8 Å². The number of fused-ring (bicyclic) bond motifs is 2. The van der Waals surface area contributed by atoms with Crippen LogP contribution in [0.25, 0.3) is 0 Å². The van der Waals surface area contributed by atoms with Gasteiger partial charge in [-0.25, -0.2) is 9.59 Å². The quantitative estimate of drug-likeness (QED) is 0.0766. The van der Waals surface area contributed by atoms with Crippen LogP contribution in [0.1, 0.15) is 140 Å². The van der Waals surface area contributed by atoms with Crippen LogP contribution in [0.3, 0.4) is 0 Å². The van der Waals surface area contributed by atoms with Crippen molar-refractivity contribution in [3.8, 4) is 0 Å². The second-order valence-electron chi connectivity index (χ2n) is 25.5. The number of aliphatic carboxylic acids is 3. The van der Waals surface area contributed by atoms with Crippen LogP contribution in [0.5, 0.6) is 0 Å². The second-order valence-corrected chi connectivity index (χ2v) is 26.6. The molecule has 0 aliphatic carbocycles. The summed E-state index contributed by atoms with van der Waals surface area (Å²) < 4.78 is 33.4. The van der Waals surface area contributed by atoms with E-state index in [0.29, 0.717) is 63.7 Å². The van der Waals surface area contributed by atoms with E-state index in [2.05, 4.69) is 100 Å². The van der Waals surface area contributed by atoms with E-state index in [4.69, 9.17) is 44.1 Å². The normalized spacial score (nSPS) is 34.3. The minimum atomic E-state index is -2.27. The molecule has 0 bridgehead atoms. The first kappa shape index (κ1) is 72.7. The van der Waals surface area contributed by atoms with Gasteiger partial charge in [0.15, 0.2) is 18.0 Å². The monoisotopic (exact) mass is 1220 g/mol. The van der Waals surface area contributed by atoms with Crippen molar-refractivity contribution in [1.29, 1.82) is 0 Å². The average molecular weight is 1220 g/mol. The molecule has 7 N–H and O–H groups in total. The van der Waals surface area contributed by atoms with E-state index in [-0.39, 0.29) is 65.3 Å². The Morgan fingerprint density at radius 3 is 1.88 bits per heavy atom. The number of Topliss-reactive ketones (excluding diaryl/α,β-unsaturated/α-hetero) is 1. The Bertz CT molecular complexity index is 2520. The zero-order valence-corrected chi connectivity index (χ0v) is 55.4. The number of carboxylic acid groups (broad SMARTS) is 3. The molecule has 0 radical (unpaired) electrons. The Hall–Kier alpha value is -3.03. The van der Waals surface area contributed by atoms with Gasteiger partial charge >= 0.3 is 41.5 Å². The van der Waals surface area contributed by atoms with Gasteiger partial charge in [0.1, 0.15) is 11.9 Å². The maximum Gasteiger partial charge on any atom is 1.00 e. The van der Waals surface area contributed by atoms with Crippen LogP contribution in [-0.4, -0.2) is 169 Å². The van der Waals surface area contributed by atoms with Crippen LogP contribution in [0.15, 0.2) is 70.5 Å². The summed E-state index contributed by atoms with van der Waals surface area (Å²) in [5.41, 5.74) is 1.04. The third-order valence-electron chi connectivity index (χ3n) is 18.9. The number of carbonyl (C=O) groups is 4. The van der Waals surface area contributed by atoms with Gasteiger partial charge < -0.3 is 79.1 Å². The maximum absolute atomic E-state index is 14.4. The number of aliphatic hydroxyl groups excluding tert-OH is 4. The van der Waals surface area contributed by atoms with Gasteiger partial charge in [0.2, 0.25) is 5.79 Å². The fraction of sp³-hybridized carbons (Fsp3) is 0.719. The summed E-state index contributed by atoms with van der Waals surface area (Å²) in [7, 11) is 4.29. The van der Waals surface area contributed by atoms with Crippen LogP contribution in [0, 0.1) is 47.3 Å². The topological polar surface area (TPSA) is 286 Å². The van der Waals surface area contributed by atoms with Gasteiger partial charge in [-0.2, -0.15) is 0 Å². The molecule has 6 aliphatic rings. The number of carbonyl (C=O) groups excluding carboxylic acids is 2. The largest absolute Gasteiger partial charge is 1.00 e. The van der Waals surface area contributed by atoms with Crippen molar-refractivity contribution in [2.24, 2.45) is 47.3 Å². The van der Waals surface area contributed by atoms with Gasteiger partial charge in [0.25, 0.3) is 0 Å². The molecule has 472 valence electrons. The smallest absolute Gasteiger partial charge is 0.550 e. The number of hydrogen-bond acceptors (Lipinski definition) is 18. The summed E-state index contributed by atoms with van der Waals surface area (Å²) in [4.78, 5) is 53.2. The van der Waals surface area contributed by atoms with Gasteiger partial charge in [0, 0.05) is 64.9 Å². The summed E-state index contributed by atoms with van der Waals surface area (Å²) in [6.45, 7) is 24.0. The van der Waals surface area contributed by atoms with Crippen LogP contribution in [0.2, 0.25) is 0 Å². The first-order valence-electron chi connectivity index (χ1n) is 30.4. The SMILES string of the molecule is CC(CN(C)C)CN1c2ccccc2Sc2ccccc21.CCC(C(=O)[O-])C1CCC(C)C(C(C)C(O)C(C)C(=O)C(CC)C2OC3(C=CC(O)C4(CCC(C)(C5CCC(O)(CC)C(C)O5)O4)O3)C(C)CC2C)O1.O=C(O)C(O)C(O)C(=O)O.[Na+]. The van der Waals surface area contributed by atoms with Gasteiger partial charge in [-0.05, 0) is 140 Å². The minimum absolute atomic E-state index is 0. The number of benzene rings is 2. The predicted molar refractivity (Wildman–Crippen MR) is 315 cm³/mol. The standard InChI is InChI=1S/C42H70O11.C18H22N2S.C4H6O6.Na/c1-11-29(38(46)47)31-15-14-23(4)36(50-31)27(8)34(44)26(7)35(45)30(12-2)37-24(5)22-25(6)41(51-37)19-16-32(43)42(53-41)21-20-39(10,52-42)33-17-18-40(48,13-3)28(9)49-33;1-14(12-19(2)3)13-20-15-8-4-6-10-17(15)21-18-11-7-5-9-16(18)20;5-1(3(7)8)2(6)4(9)10;/h16,19,23-34,36-37,43-44,48H,11-15,17-18,20-22H2,1-10H3,(H,46,47);4-11,14H,12-13H2,1-3H3;1-2,5-6H,(H,7,8)(H,9,10);/q;;;+1/p-1. The molecule has 19 nitrogen and oxygen atoms in total. The van der Waals surface area contributed by atoms with E-state index >= 15 is 0 Å². The molecule has 4 fully saturated rings. The van der Waals surface area contributed by atoms with E-state index in [1.165, 1.54) is 21.2 Å². The molecule has 2 aromatic carbocycles. The summed E-state index contributed by atoms with van der Waals surface area (Å²) in [5, 5.41) is 78.5. The van der Waals surface area contributed by atoms with Crippen LogP contribution in [0.4, 0.5) is 11.4 Å². The predicted octanol–water partition coefficient (Wildman–Crippen LogP) is 4.22. The Kier molecular flexibility index (Phi) is 26.2. The fourth-order valence-corrected chi connectivity index (χ4v) is 14.8. The average Bonchev–Trinajstić information content (AvgIpc) is 1.81. The number of anilines is 2. The number of aliphatic hydroxyl groups is 5. The molecule has 0 amide bonds. The van der Waals surface area contributed by atoms with Crippen molar-refractivity contribution >= 4 is 46.8 Å². The Morgan fingerprint density at radius 1 is 0.788 bits per heavy atom. The third kappa shape index (κ3) is 16.5. The zero-order valence-electron chi connectivity index (χ0n) is 52.6. The minimum Gasteiger partial charge on any atom is -0.550 e. The molecule has 6 aliphatic heterocycles. The zero-order chi connectivity index (χ0) is 62.4. The van der Waals surface area contributed by atoms with E-state index in [9.17, 15) is 39.6 Å². The number of ketones is 1. The summed E-state index contributed by atoms with van der Waals surface area (Å²) >= 11 is 1.88. The van der Waals surface area contributed by atoms with E-state index in [0.717, 1.165) is 19.5 Å². The van der Waals surface area contributed by atoms with Gasteiger partial charge in [-0.15, -0.1) is 0 Å². The van der Waals surface area contributed by atoms with Crippen molar-refractivity contribution in [2.75, 3.05) is 32.1 Å². The number of para-hydroxylation sites is 2. The summed E-state index contributed by atoms with van der Waals surface area (Å²) in [6, 6.07) is 17.4. The number of carboxylic acids is 3. The molecule has 4 saturated heterocycles. The first-order chi connectivity index (χ1) is 39.4. The molecule has 21 atom stereocenters. The summed E-state index contributed by atoms with van der Waals surface area (Å²) in [5.74, 6) is -9.16. The third-order valence-corrected chi connectivity index (χ3v) is 20.1. The van der Waals surface area contributed by atoms with Crippen molar-refractivity contribution in [3.05, 3.63) is 60.7 Å². The van der Waals surface area contributed by atoms with Crippen LogP contribution < -0.4 is 39.6 Å². The van der Waals surface area contributed by atoms with E-state index < -0.39 is 107 Å². The number of hydrogen-bond donors (Lipinski definition) is 7. The first-order valence-corrected chi connectivity index (χ1v) is 31.2. The molecule has 8 rings (SSSR count). The molecule has 2 aromatic rings. The van der Waals surface area contributed by atoms with Crippen molar-refractivity contribution in [2.45, 2.75) is 228 Å². The molecule has 0 aromatic heterocycles. The molecule has 85 heavy (non-hydrogen) atoms. The molecule has 0 saturated carbocycles. The van der Waals surface area contributed by atoms with Crippen molar-refractivity contribution in [3.63, 3.8) is 0 Å². The molecule has 21 heteroatoms. The number of ether oxygens (including phenoxy) is 5. The van der Waals surface area contributed by atoms with Gasteiger partial charge in [-0.1, -0.05) is 98.3 Å². The van der Waals surface area contributed by atoms with Crippen molar-refractivity contribution in [1.82, 2.24) is 4.90 Å². The number of rotatable bonds is 19. The van der Waals surface area contributed by atoms with Gasteiger partial charge in [0.05, 0.1) is 59.2 Å².